The van der Waals surface area contributed by atoms with Crippen LogP contribution in [0.2, 0.25) is 0 Å². The Morgan fingerprint density at radius 1 is 1.38 bits per heavy atom. The zero-order valence-corrected chi connectivity index (χ0v) is 8.08. The molecular weight excluding hydrogens is 164 g/mol. The lowest BCUT2D eigenvalue weighted by atomic mass is 10.1. The van der Waals surface area contributed by atoms with Crippen LogP contribution in [0.5, 0.6) is 0 Å². The van der Waals surface area contributed by atoms with Gasteiger partial charge in [0.25, 0.3) is 0 Å². The lowest BCUT2D eigenvalue weighted by Crippen LogP contribution is -1.99. The van der Waals surface area contributed by atoms with Crippen LogP contribution in [0.1, 0.15) is 50.8 Å². The molecule has 0 aromatic carbocycles. The van der Waals surface area contributed by atoms with Gasteiger partial charge in [0.15, 0.2) is 0 Å². The highest BCUT2D eigenvalue weighted by molar-refractivity contribution is 5.14. The summed E-state index contributed by atoms with van der Waals surface area (Å²) in [5.41, 5.74) is 0.226. The van der Waals surface area contributed by atoms with Crippen LogP contribution < -0.4 is 0 Å². The van der Waals surface area contributed by atoms with E-state index in [0.717, 1.165) is 17.7 Å². The van der Waals surface area contributed by atoms with Gasteiger partial charge in [-0.05, 0) is 25.2 Å². The van der Waals surface area contributed by atoms with Crippen LogP contribution in [-0.2, 0) is 5.41 Å². The number of hydrogen-bond donors (Lipinski definition) is 0. The van der Waals surface area contributed by atoms with Gasteiger partial charge in [-0.25, -0.2) is 0 Å². The maximum Gasteiger partial charge on any atom is 0.222 e. The lowest BCUT2D eigenvalue weighted by molar-refractivity contribution is 0.414. The summed E-state index contributed by atoms with van der Waals surface area (Å²) in [7, 11) is 0. The average Bonchev–Trinajstić information content (AvgIpc) is 2.97. The molecule has 3 nitrogen and oxygen atoms in total. The summed E-state index contributed by atoms with van der Waals surface area (Å²) < 4.78 is 5.68. The third-order valence-corrected chi connectivity index (χ3v) is 3.38. The summed E-state index contributed by atoms with van der Waals surface area (Å²) in [6, 6.07) is 0. The van der Waals surface area contributed by atoms with Crippen LogP contribution in [0.4, 0.5) is 0 Å². The molecule has 2 atom stereocenters. The molecule has 1 heterocycles. The van der Waals surface area contributed by atoms with Gasteiger partial charge < -0.3 is 4.42 Å². The molecule has 3 rings (SSSR count). The minimum Gasteiger partial charge on any atom is -0.424 e. The zero-order chi connectivity index (χ0) is 9.05. The fourth-order valence-corrected chi connectivity index (χ4v) is 1.70. The van der Waals surface area contributed by atoms with Gasteiger partial charge in [-0.2, -0.15) is 0 Å². The summed E-state index contributed by atoms with van der Waals surface area (Å²) in [4.78, 5) is 0. The Balaban J connectivity index is 1.86. The van der Waals surface area contributed by atoms with Crippen molar-refractivity contribution in [3.63, 3.8) is 0 Å². The maximum absolute atomic E-state index is 5.68. The topological polar surface area (TPSA) is 38.9 Å². The summed E-state index contributed by atoms with van der Waals surface area (Å²) in [6.45, 7) is 4.42. The normalized spacial score (nSPS) is 34.6. The molecule has 2 aliphatic carbocycles. The smallest absolute Gasteiger partial charge is 0.222 e. The monoisotopic (exact) mass is 178 g/mol. The van der Waals surface area contributed by atoms with E-state index in [1.165, 1.54) is 19.3 Å². The Bertz CT molecular complexity index is 340. The molecule has 2 fully saturated rings. The molecule has 0 saturated heterocycles. The van der Waals surface area contributed by atoms with Crippen molar-refractivity contribution in [3.8, 4) is 0 Å². The number of nitrogens with zero attached hydrogens (tertiary/aromatic N) is 2. The van der Waals surface area contributed by atoms with Gasteiger partial charge in [-0.15, -0.1) is 10.2 Å². The molecule has 0 N–H and O–H groups in total. The molecule has 0 aliphatic heterocycles. The van der Waals surface area contributed by atoms with Gasteiger partial charge in [0.1, 0.15) is 0 Å². The predicted octanol–water partition coefficient (Wildman–Crippen LogP) is 2.24. The van der Waals surface area contributed by atoms with Crippen molar-refractivity contribution in [3.05, 3.63) is 11.8 Å². The van der Waals surface area contributed by atoms with Crippen molar-refractivity contribution in [1.82, 2.24) is 10.2 Å². The molecule has 1 aromatic heterocycles. The molecule has 2 aliphatic rings. The molecule has 0 radical (unpaired) electrons. The molecule has 70 valence electrons. The molecule has 0 amide bonds. The number of aromatic nitrogens is 2. The predicted molar refractivity (Wildman–Crippen MR) is 47.4 cm³/mol. The van der Waals surface area contributed by atoms with Gasteiger partial charge in [0.05, 0.1) is 0 Å². The molecule has 0 spiro atoms. The third kappa shape index (κ3) is 1.10. The van der Waals surface area contributed by atoms with Crippen molar-refractivity contribution < 1.29 is 4.42 Å². The van der Waals surface area contributed by atoms with E-state index in [4.69, 9.17) is 4.42 Å². The molecule has 1 aromatic rings. The molecule has 2 unspecified atom stereocenters. The highest BCUT2D eigenvalue weighted by atomic mass is 16.4. The first kappa shape index (κ1) is 7.54. The fourth-order valence-electron chi connectivity index (χ4n) is 1.70. The second-order valence-electron chi connectivity index (χ2n) is 4.83. The van der Waals surface area contributed by atoms with E-state index >= 15 is 0 Å². The van der Waals surface area contributed by atoms with Crippen molar-refractivity contribution in [1.29, 1.82) is 0 Å². The van der Waals surface area contributed by atoms with E-state index < -0.39 is 0 Å². The highest BCUT2D eigenvalue weighted by Gasteiger charge is 2.46. The van der Waals surface area contributed by atoms with Gasteiger partial charge >= 0.3 is 0 Å². The quantitative estimate of drug-likeness (QED) is 0.697. The van der Waals surface area contributed by atoms with Crippen LogP contribution in [-0.4, -0.2) is 10.2 Å². The van der Waals surface area contributed by atoms with Crippen molar-refractivity contribution in [2.75, 3.05) is 0 Å². The van der Waals surface area contributed by atoms with Crippen molar-refractivity contribution >= 4 is 0 Å². The molecule has 0 bridgehead atoms. The Hall–Kier alpha value is -0.860. The fraction of sp³-hybridized carbons (Fsp3) is 0.800. The van der Waals surface area contributed by atoms with E-state index in [1.54, 1.807) is 0 Å². The first-order valence-electron chi connectivity index (χ1n) is 5.03. The van der Waals surface area contributed by atoms with Gasteiger partial charge in [0, 0.05) is 11.3 Å². The Labute approximate surface area is 77.5 Å². The first-order chi connectivity index (χ1) is 6.19. The minimum absolute atomic E-state index is 0.226. The standard InChI is InChI=1S/C10H14N2O/c1-6-5-7(6)8-11-12-9(13-8)10(2)3-4-10/h6-7H,3-5H2,1-2H3. The summed E-state index contributed by atoms with van der Waals surface area (Å²) >= 11 is 0. The summed E-state index contributed by atoms with van der Waals surface area (Å²) in [5.74, 6) is 3.04. The van der Waals surface area contributed by atoms with E-state index in [-0.39, 0.29) is 5.41 Å². The SMILES string of the molecule is CC1CC1c1nnc(C2(C)CC2)o1. The Morgan fingerprint density at radius 2 is 2.08 bits per heavy atom. The Kier molecular flexibility index (Phi) is 1.24. The lowest BCUT2D eigenvalue weighted by Gasteiger charge is -1.97. The second kappa shape index (κ2) is 2.14. The van der Waals surface area contributed by atoms with E-state index in [0.29, 0.717) is 5.92 Å². The molecule has 3 heteroatoms. The number of hydrogen-bond acceptors (Lipinski definition) is 3. The van der Waals surface area contributed by atoms with Crippen LogP contribution in [0.15, 0.2) is 4.42 Å². The molecular formula is C10H14N2O. The Morgan fingerprint density at radius 3 is 2.62 bits per heavy atom. The molecule has 13 heavy (non-hydrogen) atoms. The third-order valence-electron chi connectivity index (χ3n) is 3.38. The van der Waals surface area contributed by atoms with Crippen molar-refractivity contribution in [2.45, 2.75) is 44.4 Å². The largest absolute Gasteiger partial charge is 0.424 e. The van der Waals surface area contributed by atoms with E-state index in [1.807, 2.05) is 0 Å². The van der Waals surface area contributed by atoms with E-state index in [2.05, 4.69) is 24.0 Å². The summed E-state index contributed by atoms with van der Waals surface area (Å²) in [6.07, 6.45) is 3.63. The van der Waals surface area contributed by atoms with Gasteiger partial charge in [-0.3, -0.25) is 0 Å². The van der Waals surface area contributed by atoms with Crippen molar-refractivity contribution in [2.24, 2.45) is 5.92 Å². The average molecular weight is 178 g/mol. The van der Waals surface area contributed by atoms with Crippen LogP contribution >= 0.6 is 0 Å². The number of rotatable bonds is 2. The van der Waals surface area contributed by atoms with Crippen LogP contribution in [0.25, 0.3) is 0 Å². The maximum atomic E-state index is 5.68. The second-order valence-corrected chi connectivity index (χ2v) is 4.83. The minimum atomic E-state index is 0.226. The van der Waals surface area contributed by atoms with Crippen LogP contribution in [0, 0.1) is 5.92 Å². The van der Waals surface area contributed by atoms with Gasteiger partial charge in [-0.1, -0.05) is 13.8 Å². The van der Waals surface area contributed by atoms with Crippen LogP contribution in [0.3, 0.4) is 0 Å². The van der Waals surface area contributed by atoms with Gasteiger partial charge in [0.2, 0.25) is 11.8 Å². The first-order valence-corrected chi connectivity index (χ1v) is 5.03. The molecule has 2 saturated carbocycles. The zero-order valence-electron chi connectivity index (χ0n) is 8.08. The summed E-state index contributed by atoms with van der Waals surface area (Å²) in [5, 5.41) is 8.25. The van der Waals surface area contributed by atoms with E-state index in [9.17, 15) is 0 Å². The highest BCUT2D eigenvalue weighted by Crippen LogP contribution is 2.50.